The summed E-state index contributed by atoms with van der Waals surface area (Å²) >= 11 is 0. The Balaban J connectivity index is 2.29. The number of nitrogens with zero attached hydrogens (tertiary/aromatic N) is 1. The molecule has 1 saturated heterocycles. The first-order chi connectivity index (χ1) is 10.2. The van der Waals surface area contributed by atoms with Gasteiger partial charge in [0, 0.05) is 0 Å². The molecule has 0 spiro atoms. The quantitative estimate of drug-likeness (QED) is 0.874. The molecule has 5 heteroatoms. The Morgan fingerprint density at radius 3 is 2.57 bits per heavy atom. The van der Waals surface area contributed by atoms with Crippen LogP contribution >= 0.6 is 0 Å². The molecule has 2 rings (SSSR count). The lowest BCUT2D eigenvalue weighted by Gasteiger charge is -2.32. The maximum Gasteiger partial charge on any atom is 0.325 e. The summed E-state index contributed by atoms with van der Waals surface area (Å²) in [6.45, 7) is 4.10. The van der Waals surface area contributed by atoms with E-state index < -0.39 is 12.0 Å². The third-order valence-corrected chi connectivity index (χ3v) is 3.79. The lowest BCUT2D eigenvalue weighted by atomic mass is 10.0. The number of rotatable bonds is 6. The Bertz CT molecular complexity index is 483. The van der Waals surface area contributed by atoms with E-state index in [9.17, 15) is 9.90 Å². The van der Waals surface area contributed by atoms with E-state index in [1.54, 1.807) is 19.2 Å². The van der Waals surface area contributed by atoms with Gasteiger partial charge in [-0.2, -0.15) is 0 Å². The van der Waals surface area contributed by atoms with Crippen LogP contribution < -0.4 is 9.47 Å². The van der Waals surface area contributed by atoms with E-state index in [0.717, 1.165) is 31.5 Å². The maximum atomic E-state index is 11.7. The number of likely N-dealkylation sites (tertiary alicyclic amines) is 1. The fourth-order valence-electron chi connectivity index (χ4n) is 2.82. The SMILES string of the molecule is CCOc1ccc(C(C(=O)O)N2CCCCC2)cc1OC. The number of ether oxygens (including phenoxy) is 2. The minimum atomic E-state index is -0.817. The molecule has 1 aromatic rings. The first-order valence-electron chi connectivity index (χ1n) is 7.45. The molecule has 1 fully saturated rings. The molecule has 0 aromatic heterocycles. The summed E-state index contributed by atoms with van der Waals surface area (Å²) in [6, 6.07) is 4.77. The van der Waals surface area contributed by atoms with E-state index in [0.29, 0.717) is 18.1 Å². The van der Waals surface area contributed by atoms with Gasteiger partial charge in [0.2, 0.25) is 0 Å². The van der Waals surface area contributed by atoms with Crippen molar-refractivity contribution in [2.75, 3.05) is 26.8 Å². The second kappa shape index (κ2) is 7.31. The van der Waals surface area contributed by atoms with Crippen molar-refractivity contribution in [2.45, 2.75) is 32.2 Å². The summed E-state index contributed by atoms with van der Waals surface area (Å²) in [5.74, 6) is 0.409. The van der Waals surface area contributed by atoms with Crippen LogP contribution in [0.3, 0.4) is 0 Å². The normalized spacial score (nSPS) is 17.2. The van der Waals surface area contributed by atoms with Gasteiger partial charge in [-0.15, -0.1) is 0 Å². The molecule has 5 nitrogen and oxygen atoms in total. The number of hydrogen-bond donors (Lipinski definition) is 1. The van der Waals surface area contributed by atoms with Crippen LogP contribution in [0.15, 0.2) is 18.2 Å². The largest absolute Gasteiger partial charge is 0.493 e. The lowest BCUT2D eigenvalue weighted by Crippen LogP contribution is -2.37. The van der Waals surface area contributed by atoms with Crippen LogP contribution in [0.4, 0.5) is 0 Å². The second-order valence-corrected chi connectivity index (χ2v) is 5.18. The molecule has 1 unspecified atom stereocenters. The van der Waals surface area contributed by atoms with E-state index in [1.807, 2.05) is 17.9 Å². The fourth-order valence-corrected chi connectivity index (χ4v) is 2.82. The monoisotopic (exact) mass is 293 g/mol. The molecule has 1 atom stereocenters. The fraction of sp³-hybridized carbons (Fsp3) is 0.562. The molecule has 1 N–H and O–H groups in total. The van der Waals surface area contributed by atoms with Gasteiger partial charge in [-0.3, -0.25) is 9.69 Å². The van der Waals surface area contributed by atoms with E-state index >= 15 is 0 Å². The number of benzene rings is 1. The zero-order valence-electron chi connectivity index (χ0n) is 12.7. The Morgan fingerprint density at radius 1 is 1.29 bits per heavy atom. The third kappa shape index (κ3) is 3.67. The van der Waals surface area contributed by atoms with Gasteiger partial charge in [-0.25, -0.2) is 0 Å². The van der Waals surface area contributed by atoms with Crippen molar-refractivity contribution in [3.63, 3.8) is 0 Å². The van der Waals surface area contributed by atoms with Gasteiger partial charge >= 0.3 is 5.97 Å². The summed E-state index contributed by atoms with van der Waals surface area (Å²) < 4.78 is 10.8. The summed E-state index contributed by atoms with van der Waals surface area (Å²) in [6.07, 6.45) is 3.28. The highest BCUT2D eigenvalue weighted by atomic mass is 16.5. The molecular formula is C16H23NO4. The average molecular weight is 293 g/mol. The van der Waals surface area contributed by atoms with Crippen LogP contribution in [0.5, 0.6) is 11.5 Å². The summed E-state index contributed by atoms with van der Waals surface area (Å²) in [4.78, 5) is 13.7. The van der Waals surface area contributed by atoms with Crippen LogP contribution in [-0.2, 0) is 4.79 Å². The minimum absolute atomic E-state index is 0.546. The van der Waals surface area contributed by atoms with Gasteiger partial charge in [0.1, 0.15) is 6.04 Å². The van der Waals surface area contributed by atoms with Gasteiger partial charge in [0.05, 0.1) is 13.7 Å². The number of piperidine rings is 1. The maximum absolute atomic E-state index is 11.7. The molecule has 0 aliphatic carbocycles. The van der Waals surface area contributed by atoms with Gasteiger partial charge in [-0.1, -0.05) is 12.5 Å². The molecule has 0 bridgehead atoms. The van der Waals surface area contributed by atoms with Crippen LogP contribution in [0, 0.1) is 0 Å². The first kappa shape index (κ1) is 15.6. The molecule has 116 valence electrons. The highest BCUT2D eigenvalue weighted by molar-refractivity contribution is 5.76. The smallest absolute Gasteiger partial charge is 0.325 e. The molecular weight excluding hydrogens is 270 g/mol. The van der Waals surface area contributed by atoms with Crippen molar-refractivity contribution >= 4 is 5.97 Å². The molecule has 0 radical (unpaired) electrons. The Morgan fingerprint density at radius 2 is 2.00 bits per heavy atom. The van der Waals surface area contributed by atoms with E-state index in [-0.39, 0.29) is 0 Å². The van der Waals surface area contributed by atoms with Crippen molar-refractivity contribution in [3.05, 3.63) is 23.8 Å². The van der Waals surface area contributed by atoms with Gasteiger partial charge in [-0.05, 0) is 50.6 Å². The predicted molar refractivity (Wildman–Crippen MR) is 80.0 cm³/mol. The van der Waals surface area contributed by atoms with E-state index in [1.165, 1.54) is 6.42 Å². The number of carbonyl (C=O) groups is 1. The lowest BCUT2D eigenvalue weighted by molar-refractivity contribution is -0.144. The predicted octanol–water partition coefficient (Wildman–Crippen LogP) is 2.71. The van der Waals surface area contributed by atoms with Crippen LogP contribution in [0.2, 0.25) is 0 Å². The number of methoxy groups -OCH3 is 1. The summed E-state index contributed by atoms with van der Waals surface area (Å²) in [7, 11) is 1.57. The highest BCUT2D eigenvalue weighted by Gasteiger charge is 2.29. The minimum Gasteiger partial charge on any atom is -0.493 e. The zero-order valence-corrected chi connectivity index (χ0v) is 12.7. The van der Waals surface area contributed by atoms with Crippen LogP contribution in [0.1, 0.15) is 37.8 Å². The average Bonchev–Trinajstić information content (AvgIpc) is 2.50. The summed E-state index contributed by atoms with van der Waals surface area (Å²) in [5, 5.41) is 9.60. The van der Waals surface area contributed by atoms with Crippen LogP contribution in [0.25, 0.3) is 0 Å². The Labute approximate surface area is 125 Å². The molecule has 21 heavy (non-hydrogen) atoms. The number of aliphatic carboxylic acids is 1. The number of carboxylic acids is 1. The van der Waals surface area contributed by atoms with Gasteiger partial charge in [0.15, 0.2) is 11.5 Å². The van der Waals surface area contributed by atoms with Crippen molar-refractivity contribution in [3.8, 4) is 11.5 Å². The molecule has 1 aliphatic heterocycles. The molecule has 1 aliphatic rings. The van der Waals surface area contributed by atoms with E-state index in [4.69, 9.17) is 9.47 Å². The molecule has 1 heterocycles. The second-order valence-electron chi connectivity index (χ2n) is 5.18. The third-order valence-electron chi connectivity index (χ3n) is 3.79. The number of hydrogen-bond acceptors (Lipinski definition) is 4. The van der Waals surface area contributed by atoms with Gasteiger partial charge < -0.3 is 14.6 Å². The van der Waals surface area contributed by atoms with Crippen LogP contribution in [-0.4, -0.2) is 42.8 Å². The zero-order chi connectivity index (χ0) is 15.2. The Hall–Kier alpha value is -1.75. The topological polar surface area (TPSA) is 59.0 Å². The van der Waals surface area contributed by atoms with Crippen molar-refractivity contribution in [1.82, 2.24) is 4.90 Å². The Kier molecular flexibility index (Phi) is 5.44. The van der Waals surface area contributed by atoms with Gasteiger partial charge in [0.25, 0.3) is 0 Å². The number of carboxylic acid groups (broad SMARTS) is 1. The van der Waals surface area contributed by atoms with E-state index in [2.05, 4.69) is 0 Å². The highest BCUT2D eigenvalue weighted by Crippen LogP contribution is 2.33. The molecule has 0 amide bonds. The first-order valence-corrected chi connectivity index (χ1v) is 7.45. The van der Waals surface area contributed by atoms with Crippen molar-refractivity contribution in [2.24, 2.45) is 0 Å². The molecule has 1 aromatic carbocycles. The summed E-state index contributed by atoms with van der Waals surface area (Å²) in [5.41, 5.74) is 0.740. The van der Waals surface area contributed by atoms with Crippen molar-refractivity contribution in [1.29, 1.82) is 0 Å². The molecule has 0 saturated carbocycles. The van der Waals surface area contributed by atoms with Crippen molar-refractivity contribution < 1.29 is 19.4 Å². The standard InChI is InChI=1S/C16H23NO4/c1-3-21-13-8-7-12(11-14(13)20-2)15(16(18)19)17-9-5-4-6-10-17/h7-8,11,15H,3-6,9-10H2,1-2H3,(H,18,19).